The van der Waals surface area contributed by atoms with Gasteiger partial charge in [0, 0.05) is 6.42 Å². The van der Waals surface area contributed by atoms with Crippen molar-refractivity contribution in [3.8, 4) is 0 Å². The van der Waals surface area contributed by atoms with Crippen LogP contribution in [-0.4, -0.2) is 37.7 Å². The number of nitrogens with zero attached hydrogens (tertiary/aromatic N) is 3. The van der Waals surface area contributed by atoms with Crippen molar-refractivity contribution in [3.63, 3.8) is 0 Å². The van der Waals surface area contributed by atoms with E-state index in [1.807, 2.05) is 0 Å². The van der Waals surface area contributed by atoms with Gasteiger partial charge in [-0.3, -0.25) is 14.9 Å². The third-order valence-corrected chi connectivity index (χ3v) is 3.94. The number of fused-ring (bicyclic) bond motifs is 1. The van der Waals surface area contributed by atoms with Crippen LogP contribution in [0.3, 0.4) is 0 Å². The van der Waals surface area contributed by atoms with Crippen molar-refractivity contribution in [3.05, 3.63) is 33.6 Å². The first-order valence-electron chi connectivity index (χ1n) is 6.63. The van der Waals surface area contributed by atoms with E-state index < -0.39 is 11.9 Å². The number of rotatable bonds is 3. The number of aromatic nitrogens is 3. The van der Waals surface area contributed by atoms with Crippen LogP contribution in [0.25, 0.3) is 0 Å². The van der Waals surface area contributed by atoms with Crippen LogP contribution in [-0.2, 0) is 11.3 Å². The molecule has 0 spiro atoms. The summed E-state index contributed by atoms with van der Waals surface area (Å²) in [5.41, 5.74) is -0.270. The molecule has 24 heavy (non-hydrogen) atoms. The second-order valence-electron chi connectivity index (χ2n) is 4.85. The van der Waals surface area contributed by atoms with E-state index in [0.29, 0.717) is 6.54 Å². The number of benzene rings is 1. The first-order chi connectivity index (χ1) is 11.3. The normalized spacial score (nSPS) is 13.2. The van der Waals surface area contributed by atoms with E-state index >= 15 is 0 Å². The van der Waals surface area contributed by atoms with Crippen LogP contribution >= 0.6 is 23.2 Å². The van der Waals surface area contributed by atoms with E-state index in [4.69, 9.17) is 23.2 Å². The number of anilines is 2. The molecule has 0 saturated carbocycles. The molecule has 2 amide bonds. The summed E-state index contributed by atoms with van der Waals surface area (Å²) in [6.07, 6.45) is 0.230. The third kappa shape index (κ3) is 3.03. The highest BCUT2D eigenvalue weighted by molar-refractivity contribution is 6.42. The van der Waals surface area contributed by atoms with E-state index in [1.54, 1.807) is 0 Å². The van der Waals surface area contributed by atoms with Crippen molar-refractivity contribution in [1.82, 2.24) is 14.8 Å². The average molecular weight is 370 g/mol. The van der Waals surface area contributed by atoms with Crippen LogP contribution in [0, 0.1) is 0 Å². The Morgan fingerprint density at radius 2 is 2.00 bits per heavy atom. The Bertz CT molecular complexity index is 879. The van der Waals surface area contributed by atoms with Crippen LogP contribution in [0.5, 0.6) is 0 Å². The summed E-state index contributed by atoms with van der Waals surface area (Å²) in [4.78, 5) is 38.7. The van der Waals surface area contributed by atoms with Gasteiger partial charge in [0.15, 0.2) is 0 Å². The number of aromatic carboxylic acids is 1. The Morgan fingerprint density at radius 1 is 1.29 bits per heavy atom. The van der Waals surface area contributed by atoms with Gasteiger partial charge in [-0.1, -0.05) is 23.2 Å². The molecule has 0 atom stereocenters. The molecule has 9 nitrogen and oxygen atoms in total. The molecule has 2 aromatic rings. The predicted octanol–water partition coefficient (Wildman–Crippen LogP) is 1.88. The fourth-order valence-corrected chi connectivity index (χ4v) is 2.41. The molecule has 1 aromatic carbocycles. The van der Waals surface area contributed by atoms with Crippen molar-refractivity contribution < 1.29 is 19.5 Å². The van der Waals surface area contributed by atoms with E-state index in [1.165, 1.54) is 10.7 Å². The number of nitrogens with one attached hydrogen (secondary N) is 2. The molecule has 1 aliphatic heterocycles. The van der Waals surface area contributed by atoms with E-state index in [9.17, 15) is 19.5 Å². The zero-order chi connectivity index (χ0) is 17.4. The highest BCUT2D eigenvalue weighted by Gasteiger charge is 2.23. The molecule has 0 bridgehead atoms. The minimum atomic E-state index is -1.28. The van der Waals surface area contributed by atoms with E-state index in [-0.39, 0.29) is 45.4 Å². The maximum absolute atomic E-state index is 12.3. The molecule has 0 fully saturated rings. The minimum absolute atomic E-state index is 0.0429. The van der Waals surface area contributed by atoms with Gasteiger partial charge in [0.25, 0.3) is 5.91 Å². The second kappa shape index (κ2) is 6.10. The zero-order valence-corrected chi connectivity index (χ0v) is 13.4. The lowest BCUT2D eigenvalue weighted by molar-refractivity contribution is -0.117. The Kier molecular flexibility index (Phi) is 4.12. The lowest BCUT2D eigenvalue weighted by Crippen LogP contribution is -2.23. The van der Waals surface area contributed by atoms with Crippen LogP contribution < -0.4 is 10.6 Å². The van der Waals surface area contributed by atoms with Crippen molar-refractivity contribution >= 4 is 52.6 Å². The molecular formula is C13H9Cl2N5O4. The summed E-state index contributed by atoms with van der Waals surface area (Å²) >= 11 is 11.6. The summed E-state index contributed by atoms with van der Waals surface area (Å²) in [6.45, 7) is 0.300. The topological polar surface area (TPSA) is 126 Å². The molecule has 0 radical (unpaired) electrons. The molecule has 3 rings (SSSR count). The standard InChI is InChI=1S/C13H9Cl2N5O4/c14-6-3-5(12(23)24)8(4-7(6)15)16-11(22)10-18-13-17-9(21)1-2-20(13)19-10/h3-4H,1-2H2,(H,16,22)(H,23,24)(H,17,18,19,21). The maximum Gasteiger partial charge on any atom is 0.337 e. The molecule has 2 heterocycles. The molecule has 1 aromatic heterocycles. The molecule has 0 aliphatic carbocycles. The summed E-state index contributed by atoms with van der Waals surface area (Å²) in [6, 6.07) is 2.36. The maximum atomic E-state index is 12.3. The lowest BCUT2D eigenvalue weighted by Gasteiger charge is -2.11. The van der Waals surface area contributed by atoms with Gasteiger partial charge in [-0.05, 0) is 12.1 Å². The molecule has 0 unspecified atom stereocenters. The number of aryl methyl sites for hydroxylation is 1. The van der Waals surface area contributed by atoms with Crippen LogP contribution in [0.4, 0.5) is 11.6 Å². The van der Waals surface area contributed by atoms with Crippen LogP contribution in [0.1, 0.15) is 27.4 Å². The van der Waals surface area contributed by atoms with Gasteiger partial charge in [-0.15, -0.1) is 5.10 Å². The fourth-order valence-electron chi connectivity index (χ4n) is 2.09. The van der Waals surface area contributed by atoms with Crippen molar-refractivity contribution in [2.75, 3.05) is 10.6 Å². The van der Waals surface area contributed by atoms with Gasteiger partial charge in [0.2, 0.25) is 17.7 Å². The largest absolute Gasteiger partial charge is 0.478 e. The number of hydrogen-bond acceptors (Lipinski definition) is 5. The van der Waals surface area contributed by atoms with Crippen molar-refractivity contribution in [2.24, 2.45) is 0 Å². The van der Waals surface area contributed by atoms with E-state index in [0.717, 1.165) is 6.07 Å². The van der Waals surface area contributed by atoms with Crippen LogP contribution in [0.2, 0.25) is 10.0 Å². The summed E-state index contributed by atoms with van der Waals surface area (Å²) in [5.74, 6) is -2.31. The number of carbonyl (C=O) groups excluding carboxylic acids is 2. The van der Waals surface area contributed by atoms with Crippen molar-refractivity contribution in [2.45, 2.75) is 13.0 Å². The molecular weight excluding hydrogens is 361 g/mol. The Balaban J connectivity index is 1.89. The number of hydrogen-bond donors (Lipinski definition) is 3. The van der Waals surface area contributed by atoms with Gasteiger partial charge in [0.1, 0.15) is 0 Å². The average Bonchev–Trinajstić information content (AvgIpc) is 2.93. The predicted molar refractivity (Wildman–Crippen MR) is 84.6 cm³/mol. The molecule has 11 heteroatoms. The highest BCUT2D eigenvalue weighted by Crippen LogP contribution is 2.29. The first-order valence-corrected chi connectivity index (χ1v) is 7.39. The monoisotopic (exact) mass is 369 g/mol. The van der Waals surface area contributed by atoms with Crippen LogP contribution in [0.15, 0.2) is 12.1 Å². The summed E-state index contributed by atoms with van der Waals surface area (Å²) in [7, 11) is 0. The van der Waals surface area contributed by atoms with Gasteiger partial charge in [-0.25, -0.2) is 9.48 Å². The van der Waals surface area contributed by atoms with Crippen molar-refractivity contribution in [1.29, 1.82) is 0 Å². The SMILES string of the molecule is O=C1CCn2nc(C(=O)Nc3cc(Cl)c(Cl)cc3C(=O)O)nc2N1. The smallest absolute Gasteiger partial charge is 0.337 e. The lowest BCUT2D eigenvalue weighted by atomic mass is 10.1. The second-order valence-corrected chi connectivity index (χ2v) is 5.67. The number of carboxylic acids is 1. The van der Waals surface area contributed by atoms with Gasteiger partial charge in [-0.2, -0.15) is 4.98 Å². The number of halogens is 2. The number of carboxylic acid groups (broad SMARTS) is 1. The first kappa shape index (κ1) is 16.2. The molecule has 124 valence electrons. The summed E-state index contributed by atoms with van der Waals surface area (Å²) in [5, 5.41) is 18.2. The van der Waals surface area contributed by atoms with Gasteiger partial charge in [0.05, 0.1) is 27.8 Å². The van der Waals surface area contributed by atoms with E-state index in [2.05, 4.69) is 20.7 Å². The Morgan fingerprint density at radius 3 is 2.71 bits per heavy atom. The minimum Gasteiger partial charge on any atom is -0.478 e. The third-order valence-electron chi connectivity index (χ3n) is 3.22. The molecule has 0 saturated heterocycles. The zero-order valence-electron chi connectivity index (χ0n) is 11.8. The number of carbonyl (C=O) groups is 3. The highest BCUT2D eigenvalue weighted by atomic mass is 35.5. The molecule has 3 N–H and O–H groups in total. The van der Waals surface area contributed by atoms with Gasteiger partial charge >= 0.3 is 5.97 Å². The molecule has 1 aliphatic rings. The Labute approximate surface area is 144 Å². The quantitative estimate of drug-likeness (QED) is 0.757. The number of amides is 2. The fraction of sp³-hybridized carbons (Fsp3) is 0.154. The summed E-state index contributed by atoms with van der Waals surface area (Å²) < 4.78 is 1.38. The Hall–Kier alpha value is -2.65. The van der Waals surface area contributed by atoms with Gasteiger partial charge < -0.3 is 10.4 Å².